The van der Waals surface area contributed by atoms with Crippen LogP contribution in [0, 0.1) is 11.3 Å². The maximum atomic E-state index is 12.5. The number of aromatic nitrogens is 1. The summed E-state index contributed by atoms with van der Waals surface area (Å²) in [6.45, 7) is 4.98. The summed E-state index contributed by atoms with van der Waals surface area (Å²) in [7, 11) is 4.53. The van der Waals surface area contributed by atoms with Crippen molar-refractivity contribution >= 4 is 35.0 Å². The van der Waals surface area contributed by atoms with E-state index in [1.807, 2.05) is 0 Å². The largest absolute Gasteiger partial charge is 0.494 e. The van der Waals surface area contributed by atoms with E-state index in [2.05, 4.69) is 37.8 Å². The van der Waals surface area contributed by atoms with Gasteiger partial charge in [-0.3, -0.25) is 24.4 Å². The predicted molar refractivity (Wildman–Crippen MR) is 165 cm³/mol. The predicted octanol–water partition coefficient (Wildman–Crippen LogP) is 2.24. The van der Waals surface area contributed by atoms with Crippen molar-refractivity contribution in [2.75, 3.05) is 39.6 Å². The van der Waals surface area contributed by atoms with Crippen LogP contribution in [0.5, 0.6) is 5.75 Å². The van der Waals surface area contributed by atoms with Crippen molar-refractivity contribution in [3.63, 3.8) is 0 Å². The van der Waals surface area contributed by atoms with E-state index < -0.39 is 5.91 Å². The molecule has 43 heavy (non-hydrogen) atoms. The van der Waals surface area contributed by atoms with Gasteiger partial charge in [0.15, 0.2) is 5.75 Å². The molecule has 12 heteroatoms. The average Bonchev–Trinajstić information content (AvgIpc) is 3.86. The van der Waals surface area contributed by atoms with E-state index in [-0.39, 0.29) is 40.9 Å². The number of anilines is 1. The SMILES string of the molecule is C=C(C(=O)NC)/C(=C\C(=N/C)NC(=O)C1CC1)Nc1cccc(C(=N)/C=C\NC2CN(C(=O)c3ccccn3)C2)c1OC. The lowest BCUT2D eigenvalue weighted by atomic mass is 10.1. The van der Waals surface area contributed by atoms with Gasteiger partial charge in [0.1, 0.15) is 11.5 Å². The summed E-state index contributed by atoms with van der Waals surface area (Å²) >= 11 is 0. The van der Waals surface area contributed by atoms with Gasteiger partial charge in [-0.2, -0.15) is 0 Å². The summed E-state index contributed by atoms with van der Waals surface area (Å²) in [6, 6.07) is 10.6. The molecule has 1 aromatic carbocycles. The zero-order chi connectivity index (χ0) is 30.9. The highest BCUT2D eigenvalue weighted by molar-refractivity contribution is 6.10. The number of methoxy groups -OCH3 is 1. The number of hydrogen-bond acceptors (Lipinski definition) is 9. The zero-order valence-corrected chi connectivity index (χ0v) is 24.4. The van der Waals surface area contributed by atoms with E-state index in [0.29, 0.717) is 41.5 Å². The lowest BCUT2D eigenvalue weighted by molar-refractivity contribution is -0.120. The third-order valence-electron chi connectivity index (χ3n) is 6.96. The minimum atomic E-state index is -0.420. The first kappa shape index (κ1) is 30.7. The van der Waals surface area contributed by atoms with E-state index in [1.165, 1.54) is 14.2 Å². The van der Waals surface area contributed by atoms with Gasteiger partial charge in [0.2, 0.25) is 5.91 Å². The van der Waals surface area contributed by atoms with Gasteiger partial charge in [-0.05, 0) is 49.4 Å². The van der Waals surface area contributed by atoms with Crippen LogP contribution in [0.15, 0.2) is 83.8 Å². The molecule has 0 bridgehead atoms. The van der Waals surface area contributed by atoms with Crippen LogP contribution in [0.2, 0.25) is 0 Å². The summed E-state index contributed by atoms with van der Waals surface area (Å²) < 4.78 is 5.68. The maximum Gasteiger partial charge on any atom is 0.272 e. The molecular formula is C31H36N8O4. The number of carbonyl (C=O) groups is 3. The minimum Gasteiger partial charge on any atom is -0.494 e. The minimum absolute atomic E-state index is 0.0219. The molecule has 0 spiro atoms. The molecule has 224 valence electrons. The number of likely N-dealkylation sites (tertiary alicyclic amines) is 1. The van der Waals surface area contributed by atoms with Crippen molar-refractivity contribution in [1.29, 1.82) is 5.41 Å². The molecule has 4 rings (SSSR count). The van der Waals surface area contributed by atoms with Crippen molar-refractivity contribution in [1.82, 2.24) is 25.8 Å². The Morgan fingerprint density at radius 1 is 1.16 bits per heavy atom. The van der Waals surface area contributed by atoms with Crippen LogP contribution in [0.25, 0.3) is 0 Å². The molecule has 2 aliphatic rings. The van der Waals surface area contributed by atoms with Gasteiger partial charge in [-0.15, -0.1) is 0 Å². The number of nitrogens with one attached hydrogen (secondary N) is 5. The Labute approximate surface area is 250 Å². The van der Waals surface area contributed by atoms with E-state index in [9.17, 15) is 14.4 Å². The van der Waals surface area contributed by atoms with Gasteiger partial charge in [0.05, 0.1) is 35.8 Å². The number of likely N-dealkylation sites (N-methyl/N-ethyl adjacent to an activating group) is 1. The molecule has 3 amide bonds. The Hall–Kier alpha value is -5.26. The zero-order valence-electron chi connectivity index (χ0n) is 24.4. The average molecular weight is 585 g/mol. The molecule has 2 fully saturated rings. The van der Waals surface area contributed by atoms with E-state index >= 15 is 0 Å². The standard InChI is InChI=1S/C31H36N8O4/c1-19(29(40)34-3)26(16-27(33-2)38-30(41)20-11-12-20)37-24-10-7-8-22(28(24)43-4)23(32)13-15-35-21-17-39(18-21)31(42)25-9-5-6-14-36-25/h5-10,13-16,20-21,32,35,37H,1,11-12,17-18H2,2-4H3,(H,34,40)(H,33,38,41)/b15-13-,26-16+,32-23?. The van der Waals surface area contributed by atoms with Crippen molar-refractivity contribution < 1.29 is 19.1 Å². The van der Waals surface area contributed by atoms with Gasteiger partial charge in [-0.1, -0.05) is 18.7 Å². The van der Waals surface area contributed by atoms with E-state index in [4.69, 9.17) is 10.1 Å². The number of pyridine rings is 1. The number of amidine groups is 1. The molecule has 0 atom stereocenters. The van der Waals surface area contributed by atoms with Crippen LogP contribution in [0.3, 0.4) is 0 Å². The molecule has 1 saturated heterocycles. The van der Waals surface area contributed by atoms with Crippen LogP contribution in [0.1, 0.15) is 28.9 Å². The second-order valence-corrected chi connectivity index (χ2v) is 10.0. The van der Waals surface area contributed by atoms with Gasteiger partial charge in [0.25, 0.3) is 11.8 Å². The highest BCUT2D eigenvalue weighted by atomic mass is 16.5. The van der Waals surface area contributed by atoms with Crippen molar-refractivity contribution in [3.8, 4) is 5.75 Å². The second kappa shape index (κ2) is 14.1. The number of amides is 3. The monoisotopic (exact) mass is 584 g/mol. The summed E-state index contributed by atoms with van der Waals surface area (Å²) in [5.41, 5.74) is 1.99. The lowest BCUT2D eigenvalue weighted by Gasteiger charge is -2.39. The normalized spacial score (nSPS) is 15.4. The van der Waals surface area contributed by atoms with Crippen molar-refractivity contribution in [2.45, 2.75) is 18.9 Å². The number of benzene rings is 1. The third kappa shape index (κ3) is 7.73. The highest BCUT2D eigenvalue weighted by Gasteiger charge is 2.31. The second-order valence-electron chi connectivity index (χ2n) is 10.0. The van der Waals surface area contributed by atoms with Gasteiger partial charge < -0.3 is 36.3 Å². The fraction of sp³-hybridized carbons (Fsp3) is 0.290. The maximum absolute atomic E-state index is 12.5. The molecule has 12 nitrogen and oxygen atoms in total. The molecule has 2 heterocycles. The van der Waals surface area contributed by atoms with Crippen molar-refractivity contribution in [2.24, 2.45) is 10.9 Å². The number of ether oxygens (including phenoxy) is 1. The Balaban J connectivity index is 1.44. The summed E-state index contributed by atoms with van der Waals surface area (Å²) in [6.07, 6.45) is 8.11. The smallest absolute Gasteiger partial charge is 0.272 e. The number of para-hydroxylation sites is 1. The summed E-state index contributed by atoms with van der Waals surface area (Å²) in [5, 5.41) is 20.4. The van der Waals surface area contributed by atoms with Gasteiger partial charge in [-0.25, -0.2) is 0 Å². The molecule has 5 N–H and O–H groups in total. The number of rotatable bonds is 12. The Morgan fingerprint density at radius 3 is 2.56 bits per heavy atom. The Kier molecular flexibility index (Phi) is 10.0. The first-order chi connectivity index (χ1) is 20.7. The molecule has 1 aliphatic carbocycles. The van der Waals surface area contributed by atoms with Crippen molar-refractivity contribution in [3.05, 3.63) is 90.1 Å². The molecule has 1 aliphatic heterocycles. The first-order valence-electron chi connectivity index (χ1n) is 13.8. The van der Waals surface area contributed by atoms with Crippen LogP contribution in [-0.2, 0) is 9.59 Å². The van der Waals surface area contributed by atoms with E-state index in [0.717, 1.165) is 12.8 Å². The first-order valence-corrected chi connectivity index (χ1v) is 13.8. The fourth-order valence-corrected chi connectivity index (χ4v) is 4.31. The Morgan fingerprint density at radius 2 is 1.93 bits per heavy atom. The number of carbonyl (C=O) groups excluding carboxylic acids is 3. The third-order valence-corrected chi connectivity index (χ3v) is 6.96. The number of allylic oxidation sites excluding steroid dienone is 1. The molecule has 1 aromatic heterocycles. The summed E-state index contributed by atoms with van der Waals surface area (Å²) in [4.78, 5) is 47.3. The van der Waals surface area contributed by atoms with Crippen LogP contribution in [-0.4, -0.2) is 79.5 Å². The summed E-state index contributed by atoms with van der Waals surface area (Å²) in [5.74, 6) is -0.0236. The van der Waals surface area contributed by atoms with Crippen LogP contribution in [0.4, 0.5) is 5.69 Å². The molecular weight excluding hydrogens is 548 g/mol. The Bertz CT molecular complexity index is 1490. The number of hydrogen-bond donors (Lipinski definition) is 5. The molecule has 2 aromatic rings. The van der Waals surface area contributed by atoms with E-state index in [1.54, 1.807) is 72.9 Å². The lowest BCUT2D eigenvalue weighted by Crippen LogP contribution is -2.58. The molecule has 0 radical (unpaired) electrons. The highest BCUT2D eigenvalue weighted by Crippen LogP contribution is 2.32. The number of nitrogens with zero attached hydrogens (tertiary/aromatic N) is 3. The topological polar surface area (TPSA) is 161 Å². The van der Waals surface area contributed by atoms with Crippen LogP contribution < -0.4 is 26.0 Å². The van der Waals surface area contributed by atoms with Gasteiger partial charge in [0, 0.05) is 50.9 Å². The number of aliphatic imine (C=N–C) groups is 1. The molecule has 0 unspecified atom stereocenters. The fourth-order valence-electron chi connectivity index (χ4n) is 4.31. The quantitative estimate of drug-likeness (QED) is 0.111. The van der Waals surface area contributed by atoms with Gasteiger partial charge >= 0.3 is 0 Å². The van der Waals surface area contributed by atoms with Crippen LogP contribution >= 0.6 is 0 Å². The molecule has 1 saturated carbocycles.